The Hall–Kier alpha value is -6.82. The van der Waals surface area contributed by atoms with Gasteiger partial charge in [0.1, 0.15) is 11.2 Å². The molecule has 0 aliphatic heterocycles. The number of aromatic nitrogens is 3. The van der Waals surface area contributed by atoms with Gasteiger partial charge in [0.05, 0.1) is 32.5 Å². The average Bonchev–Trinajstić information content (AvgIpc) is 3.89. The second-order valence-electron chi connectivity index (χ2n) is 13.7. The molecule has 53 heavy (non-hydrogen) atoms. The Morgan fingerprint density at radius 1 is 0.509 bits per heavy atom. The van der Waals surface area contributed by atoms with Crippen molar-refractivity contribution in [3.63, 3.8) is 0 Å². The minimum absolute atomic E-state index is 0.657. The highest BCUT2D eigenvalue weighted by Crippen LogP contribution is 2.44. The van der Waals surface area contributed by atoms with Crippen LogP contribution in [0, 0.1) is 0 Å². The molecule has 0 saturated heterocycles. The molecule has 0 aliphatic rings. The van der Waals surface area contributed by atoms with Crippen LogP contribution in [0.3, 0.4) is 0 Å². The highest BCUT2D eigenvalue weighted by Gasteiger charge is 2.22. The zero-order valence-electron chi connectivity index (χ0n) is 28.2. The van der Waals surface area contributed by atoms with Crippen LogP contribution in [0.4, 0.5) is 0 Å². The monoisotopic (exact) mass is 693 g/mol. The number of furan rings is 1. The van der Waals surface area contributed by atoms with Crippen LogP contribution in [0.5, 0.6) is 0 Å². The molecule has 0 radical (unpaired) electrons. The first-order valence-electron chi connectivity index (χ1n) is 17.8. The van der Waals surface area contributed by atoms with Gasteiger partial charge in [-0.1, -0.05) is 115 Å². The summed E-state index contributed by atoms with van der Waals surface area (Å²) >= 11 is 1.75. The quantitative estimate of drug-likeness (QED) is 0.185. The third-order valence-corrected chi connectivity index (χ3v) is 11.9. The standard InChI is InChI=1S/C48H27N3OS/c1-2-12-28(13-3-1)44-47-45(35-19-9-11-21-42(35)53-47)50-48(49-44)38-25-31-16-6-7-17-33(31)43-37-27-32(22-23-41(37)52-46(38)43)51-39-20-10-8-18-34(39)36-24-29-14-4-5-15-30(29)26-40(36)51/h1-27H. The van der Waals surface area contributed by atoms with Gasteiger partial charge in [0.25, 0.3) is 0 Å². The Labute approximate surface area is 306 Å². The molecule has 0 unspecified atom stereocenters. The number of hydrogen-bond donors (Lipinski definition) is 0. The second kappa shape index (κ2) is 10.8. The third-order valence-electron chi connectivity index (χ3n) is 10.8. The topological polar surface area (TPSA) is 43.9 Å². The molecule has 0 fully saturated rings. The molecule has 0 amide bonds. The van der Waals surface area contributed by atoms with Crippen LogP contribution in [0.25, 0.3) is 114 Å². The van der Waals surface area contributed by atoms with E-state index >= 15 is 0 Å². The van der Waals surface area contributed by atoms with Crippen LogP contribution in [-0.4, -0.2) is 14.5 Å². The van der Waals surface area contributed by atoms with E-state index in [0.717, 1.165) is 70.8 Å². The maximum atomic E-state index is 6.89. The molecule has 8 aromatic carbocycles. The van der Waals surface area contributed by atoms with E-state index in [1.54, 1.807) is 11.3 Å². The van der Waals surface area contributed by atoms with E-state index in [1.807, 2.05) is 6.07 Å². The van der Waals surface area contributed by atoms with Crippen molar-refractivity contribution in [1.82, 2.24) is 14.5 Å². The minimum atomic E-state index is 0.657. The number of rotatable bonds is 3. The van der Waals surface area contributed by atoms with Gasteiger partial charge in [-0.25, -0.2) is 9.97 Å². The summed E-state index contributed by atoms with van der Waals surface area (Å²) in [5.74, 6) is 0.657. The Morgan fingerprint density at radius 3 is 2.09 bits per heavy atom. The van der Waals surface area contributed by atoms with E-state index < -0.39 is 0 Å². The van der Waals surface area contributed by atoms with Crippen LogP contribution >= 0.6 is 11.3 Å². The summed E-state index contributed by atoms with van der Waals surface area (Å²) in [5, 5.41) is 10.5. The lowest BCUT2D eigenvalue weighted by atomic mass is 9.99. The van der Waals surface area contributed by atoms with Gasteiger partial charge in [-0.2, -0.15) is 0 Å². The SMILES string of the molecule is c1ccc(-c2nc(-c3cc4ccccc4c4c3oc3ccc(-n5c6ccccc6c6cc7ccccc7cc65)cc34)nc3c2sc2ccccc23)cc1. The van der Waals surface area contributed by atoms with Crippen LogP contribution < -0.4 is 0 Å². The fraction of sp³-hybridized carbons (Fsp3) is 0. The summed E-state index contributed by atoms with van der Waals surface area (Å²) in [4.78, 5) is 10.7. The van der Waals surface area contributed by atoms with Gasteiger partial charge in [0.15, 0.2) is 5.82 Å². The van der Waals surface area contributed by atoms with E-state index in [2.05, 4.69) is 162 Å². The summed E-state index contributed by atoms with van der Waals surface area (Å²) in [6.45, 7) is 0. The molecule has 0 atom stereocenters. The van der Waals surface area contributed by atoms with Crippen LogP contribution in [0.2, 0.25) is 0 Å². The van der Waals surface area contributed by atoms with Gasteiger partial charge in [-0.05, 0) is 70.1 Å². The molecule has 4 aromatic heterocycles. The van der Waals surface area contributed by atoms with E-state index in [1.165, 1.54) is 37.3 Å². The van der Waals surface area contributed by atoms with Gasteiger partial charge in [0.2, 0.25) is 0 Å². The lowest BCUT2D eigenvalue weighted by Crippen LogP contribution is -1.94. The largest absolute Gasteiger partial charge is 0.455 e. The maximum absolute atomic E-state index is 6.89. The predicted molar refractivity (Wildman–Crippen MR) is 222 cm³/mol. The molecule has 12 rings (SSSR count). The fourth-order valence-corrected chi connectivity index (χ4v) is 9.51. The number of hydrogen-bond acceptors (Lipinski definition) is 4. The van der Waals surface area contributed by atoms with Crippen molar-refractivity contribution in [3.05, 3.63) is 164 Å². The summed E-state index contributed by atoms with van der Waals surface area (Å²) in [7, 11) is 0. The van der Waals surface area contributed by atoms with E-state index in [9.17, 15) is 0 Å². The first-order chi connectivity index (χ1) is 26.3. The summed E-state index contributed by atoms with van der Waals surface area (Å²) in [6.07, 6.45) is 0. The molecule has 0 aliphatic carbocycles. The van der Waals surface area contributed by atoms with Gasteiger partial charge in [0, 0.05) is 42.9 Å². The number of benzene rings is 8. The number of nitrogens with zero attached hydrogens (tertiary/aromatic N) is 3. The van der Waals surface area contributed by atoms with Crippen LogP contribution in [0.15, 0.2) is 168 Å². The van der Waals surface area contributed by atoms with Crippen molar-refractivity contribution in [2.24, 2.45) is 0 Å². The minimum Gasteiger partial charge on any atom is -0.455 e. The van der Waals surface area contributed by atoms with Gasteiger partial charge in [-0.15, -0.1) is 11.3 Å². The van der Waals surface area contributed by atoms with Crippen molar-refractivity contribution < 1.29 is 4.42 Å². The van der Waals surface area contributed by atoms with Crippen molar-refractivity contribution >= 4 is 96.9 Å². The summed E-state index contributed by atoms with van der Waals surface area (Å²) in [6, 6.07) is 58.3. The van der Waals surface area contributed by atoms with Crippen molar-refractivity contribution in [2.45, 2.75) is 0 Å². The first-order valence-corrected chi connectivity index (χ1v) is 18.6. The fourth-order valence-electron chi connectivity index (χ4n) is 8.36. The maximum Gasteiger partial charge on any atom is 0.164 e. The Morgan fingerprint density at radius 2 is 1.23 bits per heavy atom. The lowest BCUT2D eigenvalue weighted by Gasteiger charge is -2.10. The molecule has 0 saturated carbocycles. The molecule has 246 valence electrons. The van der Waals surface area contributed by atoms with Crippen LogP contribution in [0.1, 0.15) is 0 Å². The van der Waals surface area contributed by atoms with Gasteiger partial charge < -0.3 is 8.98 Å². The zero-order chi connectivity index (χ0) is 34.6. The van der Waals surface area contributed by atoms with Crippen molar-refractivity contribution in [1.29, 1.82) is 0 Å². The number of para-hydroxylation sites is 1. The molecule has 5 heteroatoms. The molecule has 4 heterocycles. The third kappa shape index (κ3) is 4.17. The van der Waals surface area contributed by atoms with Gasteiger partial charge in [-0.3, -0.25) is 0 Å². The Kier molecular flexibility index (Phi) is 5.90. The predicted octanol–water partition coefficient (Wildman–Crippen LogP) is 13.5. The van der Waals surface area contributed by atoms with E-state index in [0.29, 0.717) is 5.82 Å². The molecule has 0 bridgehead atoms. The van der Waals surface area contributed by atoms with E-state index in [-0.39, 0.29) is 0 Å². The smallest absolute Gasteiger partial charge is 0.164 e. The second-order valence-corrected chi connectivity index (χ2v) is 14.8. The Bertz CT molecular complexity index is 3460. The average molecular weight is 694 g/mol. The summed E-state index contributed by atoms with van der Waals surface area (Å²) in [5.41, 5.74) is 8.92. The first kappa shape index (κ1) is 28.8. The van der Waals surface area contributed by atoms with Crippen LogP contribution in [-0.2, 0) is 0 Å². The van der Waals surface area contributed by atoms with E-state index in [4.69, 9.17) is 14.4 Å². The highest BCUT2D eigenvalue weighted by atomic mass is 32.1. The molecule has 0 spiro atoms. The highest BCUT2D eigenvalue weighted by molar-refractivity contribution is 7.26. The van der Waals surface area contributed by atoms with Gasteiger partial charge >= 0.3 is 0 Å². The number of thiophene rings is 1. The molecule has 4 nitrogen and oxygen atoms in total. The zero-order valence-corrected chi connectivity index (χ0v) is 29.1. The molecular weight excluding hydrogens is 667 g/mol. The number of fused-ring (bicyclic) bond motifs is 12. The molecule has 0 N–H and O–H groups in total. The lowest BCUT2D eigenvalue weighted by molar-refractivity contribution is 0.670. The van der Waals surface area contributed by atoms with Crippen molar-refractivity contribution in [3.8, 4) is 28.3 Å². The van der Waals surface area contributed by atoms with Crippen molar-refractivity contribution in [2.75, 3.05) is 0 Å². The normalized spacial score (nSPS) is 12.2. The molecule has 12 aromatic rings. The Balaban J connectivity index is 1.16. The molecular formula is C48H27N3OS. The summed E-state index contributed by atoms with van der Waals surface area (Å²) < 4.78 is 11.6.